The number of hydrogen-bond donors (Lipinski definition) is 1. The van der Waals surface area contributed by atoms with Crippen LogP contribution in [-0.2, 0) is 33.7 Å². The molecule has 10 heteroatoms. The van der Waals surface area contributed by atoms with Crippen molar-refractivity contribution in [1.82, 2.24) is 25.0 Å². The predicted octanol–water partition coefficient (Wildman–Crippen LogP) is 1.48. The van der Waals surface area contributed by atoms with Gasteiger partial charge in [0.15, 0.2) is 17.3 Å². The van der Waals surface area contributed by atoms with E-state index >= 15 is 0 Å². The van der Waals surface area contributed by atoms with Crippen molar-refractivity contribution in [3.05, 3.63) is 35.4 Å². The summed E-state index contributed by atoms with van der Waals surface area (Å²) >= 11 is 0. The van der Waals surface area contributed by atoms with Gasteiger partial charge in [-0.1, -0.05) is 19.9 Å². The zero-order chi connectivity index (χ0) is 23.7. The minimum Gasteiger partial charge on any atom is -0.454 e. The number of carbonyl (C=O) groups excluding carboxylic acids is 2. The molecule has 34 heavy (non-hydrogen) atoms. The summed E-state index contributed by atoms with van der Waals surface area (Å²) in [7, 11) is 0. The SMILES string of the molecule is CC(C)[C@H](NC(=O)[C@@H]1CCOC1)c1nnc2n1CCN(C(=O)Cc1ccc3c(c1)OCO3)CC2. The third-order valence-corrected chi connectivity index (χ3v) is 6.74. The van der Waals surface area contributed by atoms with E-state index in [1.807, 2.05) is 23.1 Å². The van der Waals surface area contributed by atoms with E-state index in [4.69, 9.17) is 14.2 Å². The molecule has 5 rings (SSSR count). The lowest BCUT2D eigenvalue weighted by Gasteiger charge is -2.24. The number of rotatable bonds is 6. The maximum absolute atomic E-state index is 13.1. The summed E-state index contributed by atoms with van der Waals surface area (Å²) in [6.45, 7) is 7.18. The van der Waals surface area contributed by atoms with Gasteiger partial charge in [0.2, 0.25) is 18.6 Å². The molecule has 0 unspecified atom stereocenters. The Bertz CT molecular complexity index is 1060. The smallest absolute Gasteiger partial charge is 0.231 e. The summed E-state index contributed by atoms with van der Waals surface area (Å²) in [5, 5.41) is 12.0. The first-order valence-electron chi connectivity index (χ1n) is 12.0. The molecule has 1 N–H and O–H groups in total. The summed E-state index contributed by atoms with van der Waals surface area (Å²) < 4.78 is 18.2. The highest BCUT2D eigenvalue weighted by molar-refractivity contribution is 5.80. The molecule has 1 aromatic heterocycles. The number of nitrogens with zero attached hydrogens (tertiary/aromatic N) is 4. The van der Waals surface area contributed by atoms with Crippen molar-refractivity contribution in [3.8, 4) is 11.5 Å². The molecular weight excluding hydrogens is 438 g/mol. The third kappa shape index (κ3) is 4.59. The minimum absolute atomic E-state index is 0.00250. The molecule has 1 aromatic carbocycles. The largest absolute Gasteiger partial charge is 0.454 e. The van der Waals surface area contributed by atoms with E-state index < -0.39 is 0 Å². The number of benzene rings is 1. The molecule has 4 heterocycles. The van der Waals surface area contributed by atoms with Crippen LogP contribution in [0.5, 0.6) is 11.5 Å². The zero-order valence-electron chi connectivity index (χ0n) is 19.7. The fraction of sp³-hybridized carbons (Fsp3) is 0.583. The average molecular weight is 470 g/mol. The fourth-order valence-electron chi connectivity index (χ4n) is 4.70. The number of fused-ring (bicyclic) bond motifs is 2. The summed E-state index contributed by atoms with van der Waals surface area (Å²) in [4.78, 5) is 27.7. The molecule has 2 aromatic rings. The van der Waals surface area contributed by atoms with E-state index in [1.165, 1.54) is 0 Å². The van der Waals surface area contributed by atoms with E-state index in [0.29, 0.717) is 57.2 Å². The van der Waals surface area contributed by atoms with Crippen LogP contribution in [0, 0.1) is 11.8 Å². The second kappa shape index (κ2) is 9.61. The second-order valence-electron chi connectivity index (χ2n) is 9.41. The van der Waals surface area contributed by atoms with Crippen LogP contribution in [0.3, 0.4) is 0 Å². The monoisotopic (exact) mass is 469 g/mol. The van der Waals surface area contributed by atoms with Gasteiger partial charge in [0.05, 0.1) is 25.0 Å². The Hall–Kier alpha value is -3.14. The van der Waals surface area contributed by atoms with Gasteiger partial charge in [-0.15, -0.1) is 10.2 Å². The normalized spacial score (nSPS) is 20.2. The van der Waals surface area contributed by atoms with Gasteiger partial charge in [0, 0.05) is 32.7 Å². The van der Waals surface area contributed by atoms with Crippen molar-refractivity contribution in [2.24, 2.45) is 11.8 Å². The first-order valence-corrected chi connectivity index (χ1v) is 12.0. The van der Waals surface area contributed by atoms with Gasteiger partial charge >= 0.3 is 0 Å². The van der Waals surface area contributed by atoms with E-state index in [2.05, 4.69) is 33.9 Å². The van der Waals surface area contributed by atoms with Gasteiger partial charge in [-0.2, -0.15) is 0 Å². The quantitative estimate of drug-likeness (QED) is 0.683. The number of aromatic nitrogens is 3. The van der Waals surface area contributed by atoms with Crippen LogP contribution >= 0.6 is 0 Å². The Morgan fingerprint density at radius 1 is 1.15 bits per heavy atom. The Balaban J connectivity index is 1.25. The fourth-order valence-corrected chi connectivity index (χ4v) is 4.70. The lowest BCUT2D eigenvalue weighted by Crippen LogP contribution is -2.38. The lowest BCUT2D eigenvalue weighted by molar-refractivity contribution is -0.130. The topological polar surface area (TPSA) is 108 Å². The molecule has 0 aliphatic carbocycles. The van der Waals surface area contributed by atoms with Gasteiger partial charge < -0.3 is 29.0 Å². The second-order valence-corrected chi connectivity index (χ2v) is 9.41. The van der Waals surface area contributed by atoms with Crippen LogP contribution in [0.2, 0.25) is 0 Å². The predicted molar refractivity (Wildman–Crippen MR) is 121 cm³/mol. The summed E-state index contributed by atoms with van der Waals surface area (Å²) in [6, 6.07) is 5.38. The van der Waals surface area contributed by atoms with E-state index in [1.54, 1.807) is 0 Å². The van der Waals surface area contributed by atoms with Gasteiger partial charge in [-0.25, -0.2) is 0 Å². The molecule has 10 nitrogen and oxygen atoms in total. The van der Waals surface area contributed by atoms with Crippen molar-refractivity contribution in [2.75, 3.05) is 33.1 Å². The summed E-state index contributed by atoms with van der Waals surface area (Å²) in [6.07, 6.45) is 1.67. The van der Waals surface area contributed by atoms with Crippen LogP contribution in [-0.4, -0.2) is 64.6 Å². The van der Waals surface area contributed by atoms with Crippen LogP contribution in [0.25, 0.3) is 0 Å². The lowest BCUT2D eigenvalue weighted by atomic mass is 10.0. The molecule has 2 amide bonds. The molecule has 0 saturated carbocycles. The number of hydrogen-bond acceptors (Lipinski definition) is 7. The summed E-state index contributed by atoms with van der Waals surface area (Å²) in [5.74, 6) is 3.09. The van der Waals surface area contributed by atoms with E-state index in [0.717, 1.165) is 23.6 Å². The Kier molecular flexibility index (Phi) is 6.40. The van der Waals surface area contributed by atoms with E-state index in [-0.39, 0.29) is 36.5 Å². The van der Waals surface area contributed by atoms with E-state index in [9.17, 15) is 9.59 Å². The third-order valence-electron chi connectivity index (χ3n) is 6.74. The van der Waals surface area contributed by atoms with Gasteiger partial charge in [0.1, 0.15) is 5.82 Å². The van der Waals surface area contributed by atoms with Crippen molar-refractivity contribution in [2.45, 2.75) is 45.7 Å². The van der Waals surface area contributed by atoms with Gasteiger partial charge in [-0.05, 0) is 30.0 Å². The van der Waals surface area contributed by atoms with Crippen LogP contribution in [0.4, 0.5) is 0 Å². The summed E-state index contributed by atoms with van der Waals surface area (Å²) in [5.41, 5.74) is 0.900. The van der Waals surface area contributed by atoms with Crippen molar-refractivity contribution >= 4 is 11.8 Å². The Morgan fingerprint density at radius 3 is 2.79 bits per heavy atom. The molecule has 182 valence electrons. The molecule has 1 fully saturated rings. The number of amides is 2. The molecule has 3 aliphatic heterocycles. The van der Waals surface area contributed by atoms with Crippen LogP contribution in [0.1, 0.15) is 43.5 Å². The minimum atomic E-state index is -0.245. The van der Waals surface area contributed by atoms with Crippen molar-refractivity contribution in [3.63, 3.8) is 0 Å². The highest BCUT2D eigenvalue weighted by Gasteiger charge is 2.31. The first-order chi connectivity index (χ1) is 16.5. The van der Waals surface area contributed by atoms with Crippen molar-refractivity contribution in [1.29, 1.82) is 0 Å². The number of ether oxygens (including phenoxy) is 3. The van der Waals surface area contributed by atoms with Crippen LogP contribution < -0.4 is 14.8 Å². The zero-order valence-corrected chi connectivity index (χ0v) is 19.7. The van der Waals surface area contributed by atoms with Gasteiger partial charge in [0.25, 0.3) is 0 Å². The molecule has 0 spiro atoms. The average Bonchev–Trinajstić information content (AvgIpc) is 3.56. The molecular formula is C24H31N5O5. The maximum atomic E-state index is 13.1. The standard InChI is InChI=1S/C24H31N5O5/c1-15(2)22(25-24(31)17-6-10-32-13-17)23-27-26-20-5-7-28(8-9-29(20)23)21(30)12-16-3-4-18-19(11-16)34-14-33-18/h3-4,11,15,17,22H,5-10,12-14H2,1-2H3,(H,25,31)/t17-,22+/m1/s1. The Labute approximate surface area is 198 Å². The first kappa shape index (κ1) is 22.6. The van der Waals surface area contributed by atoms with Crippen molar-refractivity contribution < 1.29 is 23.8 Å². The molecule has 1 saturated heterocycles. The maximum Gasteiger partial charge on any atom is 0.231 e. The number of nitrogens with one attached hydrogen (secondary N) is 1. The van der Waals surface area contributed by atoms with Crippen LogP contribution in [0.15, 0.2) is 18.2 Å². The highest BCUT2D eigenvalue weighted by atomic mass is 16.7. The van der Waals surface area contributed by atoms with Gasteiger partial charge in [-0.3, -0.25) is 9.59 Å². The highest BCUT2D eigenvalue weighted by Crippen LogP contribution is 2.32. The molecule has 0 bridgehead atoms. The molecule has 3 aliphatic rings. The number of carbonyl (C=O) groups is 2. The molecule has 0 radical (unpaired) electrons. The Morgan fingerprint density at radius 2 is 2.00 bits per heavy atom. The molecule has 2 atom stereocenters.